The van der Waals surface area contributed by atoms with Crippen LogP contribution in [0.4, 0.5) is 11.4 Å². The van der Waals surface area contributed by atoms with Gasteiger partial charge in [-0.3, -0.25) is 14.4 Å². The first kappa shape index (κ1) is 32.6. The molecular formula is C39H42N2O5. The standard InChI is InChI=1S/C39H42N2O5/c1-5-26-15-9-11-20-31(26)40-37(43)35-33(42)23-39(4,45)36(38(44)41-32-21-12-10-16-27(32)6-2)34(35)28-18-13-19-30(22-28)46-24-29-17-8-7-14-25(29)3/h7-22,34-36,45H,5-6,23-24H2,1-4H3,(H,40,43)(H,41,44). The van der Waals surface area contributed by atoms with Gasteiger partial charge >= 0.3 is 0 Å². The van der Waals surface area contributed by atoms with E-state index in [1.807, 2.05) is 93.6 Å². The first-order chi connectivity index (χ1) is 22.1. The lowest BCUT2D eigenvalue weighted by molar-refractivity contribution is -0.150. The molecule has 1 fully saturated rings. The van der Waals surface area contributed by atoms with E-state index in [0.29, 0.717) is 42.1 Å². The molecule has 7 nitrogen and oxygen atoms in total. The van der Waals surface area contributed by atoms with Crippen LogP contribution in [0.25, 0.3) is 0 Å². The van der Waals surface area contributed by atoms with E-state index < -0.39 is 41.0 Å². The van der Waals surface area contributed by atoms with Crippen molar-refractivity contribution in [2.45, 2.75) is 65.1 Å². The predicted octanol–water partition coefficient (Wildman–Crippen LogP) is 7.02. The van der Waals surface area contributed by atoms with Gasteiger partial charge in [-0.05, 0) is 78.8 Å². The number of aryl methyl sites for hydroxylation is 3. The molecule has 0 saturated heterocycles. The van der Waals surface area contributed by atoms with Crippen LogP contribution in [-0.2, 0) is 33.8 Å². The number of ether oxygens (including phenoxy) is 1. The number of anilines is 2. The number of aliphatic hydroxyl groups is 1. The Morgan fingerprint density at radius 2 is 1.37 bits per heavy atom. The number of ketones is 1. The Bertz CT molecular complexity index is 1730. The molecular weight excluding hydrogens is 576 g/mol. The van der Waals surface area contributed by atoms with Gasteiger partial charge in [-0.25, -0.2) is 0 Å². The molecule has 4 unspecified atom stereocenters. The van der Waals surface area contributed by atoms with Crippen molar-refractivity contribution in [1.29, 1.82) is 0 Å². The van der Waals surface area contributed by atoms with Crippen molar-refractivity contribution in [3.05, 3.63) is 125 Å². The summed E-state index contributed by atoms with van der Waals surface area (Å²) in [6.07, 6.45) is 1.05. The molecule has 1 aliphatic carbocycles. The molecule has 4 atom stereocenters. The molecule has 0 heterocycles. The molecule has 0 aliphatic heterocycles. The number of carbonyl (C=O) groups is 3. The Hall–Kier alpha value is -4.75. The van der Waals surface area contributed by atoms with Crippen LogP contribution in [0.3, 0.4) is 0 Å². The van der Waals surface area contributed by atoms with Gasteiger partial charge in [0.1, 0.15) is 24.1 Å². The number of amides is 2. The third-order valence-electron chi connectivity index (χ3n) is 9.04. The number of para-hydroxylation sites is 2. The van der Waals surface area contributed by atoms with E-state index >= 15 is 0 Å². The monoisotopic (exact) mass is 618 g/mol. The molecule has 1 saturated carbocycles. The Balaban J connectivity index is 1.56. The van der Waals surface area contributed by atoms with Crippen molar-refractivity contribution < 1.29 is 24.2 Å². The van der Waals surface area contributed by atoms with E-state index in [2.05, 4.69) is 10.6 Å². The quantitative estimate of drug-likeness (QED) is 0.166. The van der Waals surface area contributed by atoms with Crippen LogP contribution in [0, 0.1) is 18.8 Å². The van der Waals surface area contributed by atoms with Crippen LogP contribution in [-0.4, -0.2) is 28.3 Å². The summed E-state index contributed by atoms with van der Waals surface area (Å²) in [5, 5.41) is 17.8. The number of hydrogen-bond donors (Lipinski definition) is 3. The first-order valence-corrected chi connectivity index (χ1v) is 15.9. The average Bonchev–Trinajstić information content (AvgIpc) is 3.04. The molecule has 1 aliphatic rings. The molecule has 0 radical (unpaired) electrons. The Morgan fingerprint density at radius 1 is 0.804 bits per heavy atom. The maximum atomic E-state index is 14.3. The molecule has 5 rings (SSSR count). The topological polar surface area (TPSA) is 105 Å². The maximum absolute atomic E-state index is 14.3. The minimum atomic E-state index is -1.72. The second-order valence-corrected chi connectivity index (χ2v) is 12.3. The number of benzene rings is 4. The summed E-state index contributed by atoms with van der Waals surface area (Å²) in [6.45, 7) is 7.85. The van der Waals surface area contributed by atoms with E-state index in [-0.39, 0.29) is 6.42 Å². The molecule has 4 aromatic carbocycles. The average molecular weight is 619 g/mol. The lowest BCUT2D eigenvalue weighted by Crippen LogP contribution is -2.56. The molecule has 3 N–H and O–H groups in total. The Kier molecular flexibility index (Phi) is 10.0. The minimum Gasteiger partial charge on any atom is -0.489 e. The third kappa shape index (κ3) is 7.05. The molecule has 0 spiro atoms. The van der Waals surface area contributed by atoms with E-state index in [1.54, 1.807) is 24.3 Å². The highest BCUT2D eigenvalue weighted by atomic mass is 16.5. The lowest BCUT2D eigenvalue weighted by atomic mass is 9.61. The maximum Gasteiger partial charge on any atom is 0.235 e. The van der Waals surface area contributed by atoms with Gasteiger partial charge in [0.05, 0.1) is 11.5 Å². The fourth-order valence-corrected chi connectivity index (χ4v) is 6.56. The van der Waals surface area contributed by atoms with Crippen molar-refractivity contribution >= 4 is 29.0 Å². The fourth-order valence-electron chi connectivity index (χ4n) is 6.56. The van der Waals surface area contributed by atoms with Crippen molar-refractivity contribution in [2.24, 2.45) is 11.8 Å². The van der Waals surface area contributed by atoms with E-state index in [4.69, 9.17) is 4.74 Å². The van der Waals surface area contributed by atoms with Crippen LogP contribution >= 0.6 is 0 Å². The van der Waals surface area contributed by atoms with Gasteiger partial charge in [0.25, 0.3) is 0 Å². The zero-order valence-electron chi connectivity index (χ0n) is 26.9. The minimum absolute atomic E-state index is 0.326. The number of rotatable bonds is 10. The summed E-state index contributed by atoms with van der Waals surface area (Å²) < 4.78 is 6.18. The molecule has 0 bridgehead atoms. The van der Waals surface area contributed by atoms with E-state index in [1.165, 1.54) is 6.92 Å². The van der Waals surface area contributed by atoms with Gasteiger partial charge in [0.2, 0.25) is 11.8 Å². The molecule has 46 heavy (non-hydrogen) atoms. The summed E-state index contributed by atoms with van der Waals surface area (Å²) in [5.41, 5.74) is 4.09. The largest absolute Gasteiger partial charge is 0.489 e. The number of Topliss-reactive ketones (excluding diaryl/α,β-unsaturated/α-hetero) is 1. The zero-order valence-corrected chi connectivity index (χ0v) is 26.9. The fraction of sp³-hybridized carbons (Fsp3) is 0.308. The summed E-state index contributed by atoms with van der Waals surface area (Å²) in [4.78, 5) is 42.2. The van der Waals surface area contributed by atoms with Crippen molar-refractivity contribution in [2.75, 3.05) is 10.6 Å². The molecule has 4 aromatic rings. The van der Waals surface area contributed by atoms with Gasteiger partial charge in [0, 0.05) is 23.7 Å². The Labute approximate surface area is 271 Å². The van der Waals surface area contributed by atoms with Crippen molar-refractivity contribution in [3.8, 4) is 5.75 Å². The summed E-state index contributed by atoms with van der Waals surface area (Å²) in [5.74, 6) is -4.19. The first-order valence-electron chi connectivity index (χ1n) is 15.9. The van der Waals surface area contributed by atoms with Gasteiger partial charge in [-0.15, -0.1) is 0 Å². The number of nitrogens with one attached hydrogen (secondary N) is 2. The smallest absolute Gasteiger partial charge is 0.235 e. The third-order valence-corrected chi connectivity index (χ3v) is 9.04. The zero-order chi connectivity index (χ0) is 32.8. The van der Waals surface area contributed by atoms with E-state index in [9.17, 15) is 19.5 Å². The van der Waals surface area contributed by atoms with Crippen LogP contribution < -0.4 is 15.4 Å². The normalized spacial score (nSPS) is 21.0. The second-order valence-electron chi connectivity index (χ2n) is 12.3. The highest BCUT2D eigenvalue weighted by molar-refractivity contribution is 6.10. The summed E-state index contributed by atoms with van der Waals surface area (Å²) in [7, 11) is 0. The predicted molar refractivity (Wildman–Crippen MR) is 181 cm³/mol. The van der Waals surface area contributed by atoms with Crippen LogP contribution in [0.15, 0.2) is 97.1 Å². The summed E-state index contributed by atoms with van der Waals surface area (Å²) in [6, 6.07) is 30.1. The molecule has 0 aromatic heterocycles. The van der Waals surface area contributed by atoms with Gasteiger partial charge in [0.15, 0.2) is 0 Å². The number of hydrogen-bond acceptors (Lipinski definition) is 5. The van der Waals surface area contributed by atoms with Gasteiger partial charge in [-0.2, -0.15) is 0 Å². The molecule has 7 heteroatoms. The van der Waals surface area contributed by atoms with Gasteiger partial charge < -0.3 is 20.5 Å². The van der Waals surface area contributed by atoms with Crippen LogP contribution in [0.2, 0.25) is 0 Å². The van der Waals surface area contributed by atoms with Gasteiger partial charge in [-0.1, -0.05) is 86.6 Å². The molecule has 238 valence electrons. The van der Waals surface area contributed by atoms with Crippen LogP contribution in [0.1, 0.15) is 60.9 Å². The van der Waals surface area contributed by atoms with Crippen LogP contribution in [0.5, 0.6) is 5.75 Å². The Morgan fingerprint density at radius 3 is 1.98 bits per heavy atom. The van der Waals surface area contributed by atoms with Crippen molar-refractivity contribution in [3.63, 3.8) is 0 Å². The molecule has 2 amide bonds. The SMILES string of the molecule is CCc1ccccc1NC(=O)C1C(=O)CC(C)(O)C(C(=O)Nc2ccccc2CC)C1c1cccc(OCc2ccccc2C)c1. The van der Waals surface area contributed by atoms with E-state index in [0.717, 1.165) is 22.3 Å². The van der Waals surface area contributed by atoms with Crippen molar-refractivity contribution in [1.82, 2.24) is 0 Å². The lowest BCUT2D eigenvalue weighted by Gasteiger charge is -2.44. The number of carbonyl (C=O) groups excluding carboxylic acids is 3. The highest BCUT2D eigenvalue weighted by Gasteiger charge is 2.56. The summed E-state index contributed by atoms with van der Waals surface area (Å²) >= 11 is 0. The second kappa shape index (κ2) is 14.1. The highest BCUT2D eigenvalue weighted by Crippen LogP contribution is 2.47.